The summed E-state index contributed by atoms with van der Waals surface area (Å²) in [6.45, 7) is 3.24. The predicted molar refractivity (Wildman–Crippen MR) is 110 cm³/mol. The highest BCUT2D eigenvalue weighted by Gasteiger charge is 2.40. The van der Waals surface area contributed by atoms with E-state index < -0.39 is 0 Å². The summed E-state index contributed by atoms with van der Waals surface area (Å²) < 4.78 is 12.4. The van der Waals surface area contributed by atoms with E-state index in [1.807, 2.05) is 15.9 Å². The number of ether oxygens (including phenoxy) is 2. The van der Waals surface area contributed by atoms with Gasteiger partial charge in [-0.15, -0.1) is 15.3 Å². The Morgan fingerprint density at radius 3 is 2.65 bits per heavy atom. The summed E-state index contributed by atoms with van der Waals surface area (Å²) in [7, 11) is 1.58. The van der Waals surface area contributed by atoms with E-state index in [0.29, 0.717) is 50.8 Å². The summed E-state index contributed by atoms with van der Waals surface area (Å²) in [6.07, 6.45) is 3.66. The van der Waals surface area contributed by atoms with Crippen LogP contribution in [0.15, 0.2) is 12.1 Å². The Hall–Kier alpha value is -2.75. The lowest BCUT2D eigenvalue weighted by Crippen LogP contribution is -2.44. The van der Waals surface area contributed by atoms with Crippen molar-refractivity contribution in [3.05, 3.63) is 18.0 Å². The summed E-state index contributed by atoms with van der Waals surface area (Å²) in [5.74, 6) is 1.49. The third kappa shape index (κ3) is 3.84. The molecule has 0 saturated carbocycles. The van der Waals surface area contributed by atoms with Crippen molar-refractivity contribution in [2.45, 2.75) is 44.1 Å². The van der Waals surface area contributed by atoms with Gasteiger partial charge in [-0.3, -0.25) is 9.59 Å². The first kappa shape index (κ1) is 20.2. The number of rotatable bonds is 4. The SMILES string of the molecule is COc1ccc2nnc(C3CCN(C(=O)C4CC(=O)N(C5CCOCC5)C4)CC3)n2n1. The van der Waals surface area contributed by atoms with Gasteiger partial charge in [0.15, 0.2) is 11.5 Å². The highest BCUT2D eigenvalue weighted by atomic mass is 16.5. The van der Waals surface area contributed by atoms with Crippen LogP contribution in [0.5, 0.6) is 5.88 Å². The van der Waals surface area contributed by atoms with Gasteiger partial charge in [0.25, 0.3) is 0 Å². The third-order valence-electron chi connectivity index (χ3n) is 6.78. The van der Waals surface area contributed by atoms with Crippen LogP contribution in [-0.4, -0.2) is 87.4 Å². The molecule has 166 valence electrons. The zero-order valence-electron chi connectivity index (χ0n) is 17.8. The average molecular weight is 428 g/mol. The molecule has 1 unspecified atom stereocenters. The molecule has 2 aromatic heterocycles. The highest BCUT2D eigenvalue weighted by molar-refractivity contribution is 5.89. The van der Waals surface area contributed by atoms with Gasteiger partial charge in [0.1, 0.15) is 0 Å². The number of carbonyl (C=O) groups excluding carboxylic acids is 2. The van der Waals surface area contributed by atoms with Crippen LogP contribution in [-0.2, 0) is 14.3 Å². The van der Waals surface area contributed by atoms with E-state index in [1.165, 1.54) is 0 Å². The molecule has 3 fully saturated rings. The molecular formula is C21H28N6O4. The first-order chi connectivity index (χ1) is 15.1. The van der Waals surface area contributed by atoms with Crippen LogP contribution < -0.4 is 4.74 Å². The Labute approximate surface area is 180 Å². The van der Waals surface area contributed by atoms with Gasteiger partial charge in [-0.1, -0.05) is 0 Å². The quantitative estimate of drug-likeness (QED) is 0.712. The molecule has 1 atom stereocenters. The van der Waals surface area contributed by atoms with Crippen LogP contribution in [0.3, 0.4) is 0 Å². The fraction of sp³-hybridized carbons (Fsp3) is 0.667. The second-order valence-corrected chi connectivity index (χ2v) is 8.59. The molecule has 2 amide bonds. The molecule has 3 aliphatic rings. The number of hydrogen-bond acceptors (Lipinski definition) is 7. The molecule has 10 heteroatoms. The smallest absolute Gasteiger partial charge is 0.231 e. The van der Waals surface area contributed by atoms with Gasteiger partial charge in [-0.2, -0.15) is 4.52 Å². The second-order valence-electron chi connectivity index (χ2n) is 8.59. The fourth-order valence-corrected chi connectivity index (χ4v) is 5.02. The minimum absolute atomic E-state index is 0.104. The van der Waals surface area contributed by atoms with Gasteiger partial charge < -0.3 is 19.3 Å². The normalized spacial score (nSPS) is 23.6. The van der Waals surface area contributed by atoms with E-state index >= 15 is 0 Å². The highest BCUT2D eigenvalue weighted by Crippen LogP contribution is 2.30. The number of methoxy groups -OCH3 is 1. The van der Waals surface area contributed by atoms with E-state index in [-0.39, 0.29) is 29.7 Å². The fourth-order valence-electron chi connectivity index (χ4n) is 5.02. The molecule has 0 aromatic carbocycles. The number of carbonyl (C=O) groups is 2. The Balaban J connectivity index is 1.21. The van der Waals surface area contributed by atoms with Crippen LogP contribution in [0.1, 0.15) is 43.8 Å². The lowest BCUT2D eigenvalue weighted by atomic mass is 9.94. The second kappa shape index (κ2) is 8.41. The maximum Gasteiger partial charge on any atom is 0.231 e. The summed E-state index contributed by atoms with van der Waals surface area (Å²) in [5.41, 5.74) is 0.687. The maximum absolute atomic E-state index is 13.1. The molecule has 31 heavy (non-hydrogen) atoms. The molecule has 0 spiro atoms. The molecule has 0 N–H and O–H groups in total. The van der Waals surface area contributed by atoms with Crippen molar-refractivity contribution in [3.8, 4) is 5.88 Å². The topological polar surface area (TPSA) is 102 Å². The summed E-state index contributed by atoms with van der Waals surface area (Å²) in [5, 5.41) is 13.0. The zero-order chi connectivity index (χ0) is 21.4. The van der Waals surface area contributed by atoms with E-state index in [2.05, 4.69) is 15.3 Å². The molecule has 10 nitrogen and oxygen atoms in total. The number of likely N-dealkylation sites (tertiary alicyclic amines) is 2. The number of aromatic nitrogens is 4. The molecule has 5 rings (SSSR count). The van der Waals surface area contributed by atoms with Crippen LogP contribution in [0.2, 0.25) is 0 Å². The number of hydrogen-bond donors (Lipinski definition) is 0. The average Bonchev–Trinajstić information content (AvgIpc) is 3.42. The summed E-state index contributed by atoms with van der Waals surface area (Å²) in [4.78, 5) is 29.5. The summed E-state index contributed by atoms with van der Waals surface area (Å²) >= 11 is 0. The summed E-state index contributed by atoms with van der Waals surface area (Å²) in [6, 6.07) is 3.82. The van der Waals surface area contributed by atoms with Crippen LogP contribution in [0.4, 0.5) is 0 Å². The number of nitrogens with zero attached hydrogens (tertiary/aromatic N) is 6. The minimum atomic E-state index is -0.230. The molecule has 3 aliphatic heterocycles. The third-order valence-corrected chi connectivity index (χ3v) is 6.78. The number of piperidine rings is 1. The first-order valence-corrected chi connectivity index (χ1v) is 11.1. The molecule has 0 bridgehead atoms. The molecule has 5 heterocycles. The van der Waals surface area contributed by atoms with Gasteiger partial charge >= 0.3 is 0 Å². The standard InChI is InChI=1S/C21H28N6O4/c1-30-18-3-2-17-22-23-20(27(17)24-18)14-4-8-25(9-5-14)21(29)15-12-19(28)26(13-15)16-6-10-31-11-7-16/h2-3,14-16H,4-13H2,1H3. The van der Waals surface area contributed by atoms with Crippen molar-refractivity contribution >= 4 is 17.5 Å². The zero-order valence-corrected chi connectivity index (χ0v) is 17.8. The Bertz CT molecular complexity index is 964. The Kier molecular flexibility index (Phi) is 5.47. The van der Waals surface area contributed by atoms with Crippen LogP contribution in [0, 0.1) is 5.92 Å². The lowest BCUT2D eigenvalue weighted by molar-refractivity contribution is -0.136. The van der Waals surface area contributed by atoms with E-state index in [0.717, 1.165) is 31.5 Å². The van der Waals surface area contributed by atoms with Crippen molar-refractivity contribution in [1.29, 1.82) is 0 Å². The van der Waals surface area contributed by atoms with E-state index in [9.17, 15) is 9.59 Å². The number of amides is 2. The molecule has 3 saturated heterocycles. The van der Waals surface area contributed by atoms with Crippen molar-refractivity contribution < 1.29 is 19.1 Å². The van der Waals surface area contributed by atoms with Gasteiger partial charge in [0.05, 0.1) is 13.0 Å². The van der Waals surface area contributed by atoms with Crippen molar-refractivity contribution in [2.75, 3.05) is 40.0 Å². The Morgan fingerprint density at radius 2 is 1.90 bits per heavy atom. The lowest BCUT2D eigenvalue weighted by Gasteiger charge is -2.33. The van der Waals surface area contributed by atoms with Crippen molar-refractivity contribution in [2.24, 2.45) is 5.92 Å². The van der Waals surface area contributed by atoms with Crippen molar-refractivity contribution in [3.63, 3.8) is 0 Å². The van der Waals surface area contributed by atoms with Gasteiger partial charge in [0.2, 0.25) is 17.7 Å². The molecule has 2 aromatic rings. The minimum Gasteiger partial charge on any atom is -0.480 e. The van der Waals surface area contributed by atoms with Gasteiger partial charge in [-0.25, -0.2) is 0 Å². The molecular weight excluding hydrogens is 400 g/mol. The molecule has 0 radical (unpaired) electrons. The Morgan fingerprint density at radius 1 is 1.13 bits per heavy atom. The van der Waals surface area contributed by atoms with E-state index in [4.69, 9.17) is 9.47 Å². The van der Waals surface area contributed by atoms with Gasteiger partial charge in [-0.05, 0) is 31.7 Å². The molecule has 0 aliphatic carbocycles. The maximum atomic E-state index is 13.1. The predicted octanol–water partition coefficient (Wildman–Crippen LogP) is 0.866. The van der Waals surface area contributed by atoms with Crippen LogP contribution in [0.25, 0.3) is 5.65 Å². The largest absolute Gasteiger partial charge is 0.480 e. The van der Waals surface area contributed by atoms with Gasteiger partial charge in [0, 0.05) is 57.3 Å². The monoisotopic (exact) mass is 428 g/mol. The van der Waals surface area contributed by atoms with E-state index in [1.54, 1.807) is 17.7 Å². The van der Waals surface area contributed by atoms with Crippen molar-refractivity contribution in [1.82, 2.24) is 29.6 Å². The first-order valence-electron chi connectivity index (χ1n) is 11.1. The number of fused-ring (bicyclic) bond motifs is 1. The van der Waals surface area contributed by atoms with Crippen LogP contribution >= 0.6 is 0 Å².